The van der Waals surface area contributed by atoms with Gasteiger partial charge in [0.15, 0.2) is 0 Å². The molecule has 0 heterocycles. The SMILES string of the molecule is C1=CC2C3C=CC(C3)C2C1.[Au+].[Cl-]. The molecule has 0 amide bonds. The van der Waals surface area contributed by atoms with Crippen molar-refractivity contribution in [3.8, 4) is 0 Å². The van der Waals surface area contributed by atoms with Crippen LogP contribution in [0.3, 0.4) is 0 Å². The molecule has 0 aliphatic heterocycles. The van der Waals surface area contributed by atoms with Crippen molar-refractivity contribution >= 4 is 0 Å². The first-order chi connectivity index (χ1) is 4.95. The molecule has 0 aromatic carbocycles. The first-order valence-electron chi connectivity index (χ1n) is 4.30. The van der Waals surface area contributed by atoms with Crippen molar-refractivity contribution in [3.63, 3.8) is 0 Å². The first-order valence-corrected chi connectivity index (χ1v) is 4.30. The molecule has 0 nitrogen and oxygen atoms in total. The summed E-state index contributed by atoms with van der Waals surface area (Å²) in [4.78, 5) is 0. The number of halogens is 1. The van der Waals surface area contributed by atoms with Crippen molar-refractivity contribution in [3.05, 3.63) is 24.3 Å². The Kier molecular flexibility index (Phi) is 3.27. The monoisotopic (exact) mass is 364 g/mol. The molecule has 4 unspecified atom stereocenters. The second-order valence-corrected chi connectivity index (χ2v) is 3.85. The predicted molar refractivity (Wildman–Crippen MR) is 41.5 cm³/mol. The van der Waals surface area contributed by atoms with Crippen molar-refractivity contribution < 1.29 is 34.8 Å². The van der Waals surface area contributed by atoms with Crippen LogP contribution >= 0.6 is 0 Å². The molecular weight excluding hydrogens is 353 g/mol. The Hall–Kier alpha value is 0.510. The Morgan fingerprint density at radius 3 is 2.50 bits per heavy atom. The number of hydrogen-bond acceptors (Lipinski definition) is 0. The van der Waals surface area contributed by atoms with E-state index in [9.17, 15) is 0 Å². The third-order valence-corrected chi connectivity index (χ3v) is 3.46. The summed E-state index contributed by atoms with van der Waals surface area (Å²) in [5.41, 5.74) is 0. The molecule has 12 heavy (non-hydrogen) atoms. The summed E-state index contributed by atoms with van der Waals surface area (Å²) in [7, 11) is 0. The fourth-order valence-electron chi connectivity index (χ4n) is 2.97. The zero-order valence-corrected chi connectivity index (χ0v) is 9.63. The van der Waals surface area contributed by atoms with Gasteiger partial charge in [0.05, 0.1) is 0 Å². The second-order valence-electron chi connectivity index (χ2n) is 3.85. The molecule has 1 saturated carbocycles. The van der Waals surface area contributed by atoms with Crippen LogP contribution in [-0.2, 0) is 22.4 Å². The van der Waals surface area contributed by atoms with E-state index < -0.39 is 0 Å². The third kappa shape index (κ3) is 1.26. The summed E-state index contributed by atoms with van der Waals surface area (Å²) in [6.45, 7) is 0. The second kappa shape index (κ2) is 3.71. The van der Waals surface area contributed by atoms with E-state index in [0.29, 0.717) is 0 Å². The summed E-state index contributed by atoms with van der Waals surface area (Å²) >= 11 is 0. The minimum atomic E-state index is 0. The molecule has 4 atom stereocenters. The van der Waals surface area contributed by atoms with Crippen LogP contribution in [0.4, 0.5) is 0 Å². The fourth-order valence-corrected chi connectivity index (χ4v) is 2.97. The van der Waals surface area contributed by atoms with Crippen LogP contribution in [0.25, 0.3) is 0 Å². The van der Waals surface area contributed by atoms with Crippen molar-refractivity contribution in [2.24, 2.45) is 23.7 Å². The van der Waals surface area contributed by atoms with Crippen molar-refractivity contribution in [1.82, 2.24) is 0 Å². The maximum absolute atomic E-state index is 2.44. The molecule has 2 heteroatoms. The minimum Gasteiger partial charge on any atom is -1.00 e. The summed E-state index contributed by atoms with van der Waals surface area (Å²) in [6.07, 6.45) is 12.5. The predicted octanol–water partition coefficient (Wildman–Crippen LogP) is -0.614. The van der Waals surface area contributed by atoms with Gasteiger partial charge in [-0.15, -0.1) is 0 Å². The molecule has 3 aliphatic carbocycles. The van der Waals surface area contributed by atoms with E-state index in [1.807, 2.05) is 0 Å². The molecule has 3 rings (SSSR count). The molecule has 0 N–H and O–H groups in total. The quantitative estimate of drug-likeness (QED) is 0.397. The van der Waals surface area contributed by atoms with Gasteiger partial charge in [-0.2, -0.15) is 0 Å². The van der Waals surface area contributed by atoms with Crippen LogP contribution < -0.4 is 12.4 Å². The maximum Gasteiger partial charge on any atom is 1.00 e. The van der Waals surface area contributed by atoms with E-state index in [2.05, 4.69) is 24.3 Å². The number of hydrogen-bond donors (Lipinski definition) is 0. The number of fused-ring (bicyclic) bond motifs is 5. The molecule has 70 valence electrons. The van der Waals surface area contributed by atoms with Gasteiger partial charge in [-0.1, -0.05) is 24.3 Å². The van der Waals surface area contributed by atoms with Crippen molar-refractivity contribution in [2.75, 3.05) is 0 Å². The normalized spacial score (nSPS) is 45.3. The van der Waals surface area contributed by atoms with Gasteiger partial charge in [0, 0.05) is 0 Å². The smallest absolute Gasteiger partial charge is 1.00 e. The topological polar surface area (TPSA) is 0 Å². The van der Waals surface area contributed by atoms with Gasteiger partial charge < -0.3 is 12.4 Å². The molecule has 0 spiro atoms. The van der Waals surface area contributed by atoms with E-state index in [4.69, 9.17) is 0 Å². The van der Waals surface area contributed by atoms with Gasteiger partial charge >= 0.3 is 22.4 Å². The number of rotatable bonds is 0. The molecular formula is C10H12AuCl. The maximum atomic E-state index is 2.44. The minimum absolute atomic E-state index is 0. The fraction of sp³-hybridized carbons (Fsp3) is 0.600. The summed E-state index contributed by atoms with van der Waals surface area (Å²) in [5.74, 6) is 3.82. The Morgan fingerprint density at radius 2 is 1.75 bits per heavy atom. The molecule has 3 aliphatic rings. The van der Waals surface area contributed by atoms with Gasteiger partial charge in [-0.25, -0.2) is 0 Å². The Balaban J connectivity index is 0.000000360. The molecule has 0 aromatic rings. The third-order valence-electron chi connectivity index (χ3n) is 3.46. The van der Waals surface area contributed by atoms with Crippen LogP contribution in [0.1, 0.15) is 12.8 Å². The Labute approximate surface area is 95.4 Å². The summed E-state index contributed by atoms with van der Waals surface area (Å²) in [5, 5.41) is 0. The van der Waals surface area contributed by atoms with E-state index in [0.717, 1.165) is 23.7 Å². The average Bonchev–Trinajstić information content (AvgIpc) is 2.60. The van der Waals surface area contributed by atoms with Crippen molar-refractivity contribution in [2.45, 2.75) is 12.8 Å². The van der Waals surface area contributed by atoms with E-state index in [1.54, 1.807) is 0 Å². The summed E-state index contributed by atoms with van der Waals surface area (Å²) < 4.78 is 0. The van der Waals surface area contributed by atoms with Crippen LogP contribution in [-0.4, -0.2) is 0 Å². The van der Waals surface area contributed by atoms with Crippen molar-refractivity contribution in [1.29, 1.82) is 0 Å². The van der Waals surface area contributed by atoms with Gasteiger partial charge in [-0.3, -0.25) is 0 Å². The summed E-state index contributed by atoms with van der Waals surface area (Å²) in [6, 6.07) is 0. The van der Waals surface area contributed by atoms with E-state index in [1.165, 1.54) is 12.8 Å². The van der Waals surface area contributed by atoms with Gasteiger partial charge in [0.2, 0.25) is 0 Å². The standard InChI is InChI=1S/C10H12.Au.ClH/c1-2-9-7-4-5-8(6-7)10(9)3-1;;/h1-2,4-5,7-10H,3,6H2;;1H/q;+1;/p-1. The van der Waals surface area contributed by atoms with Gasteiger partial charge in [0.1, 0.15) is 0 Å². The molecule has 0 aromatic heterocycles. The largest absolute Gasteiger partial charge is 1.00 e. The Bertz CT molecular complexity index is 222. The average molecular weight is 365 g/mol. The van der Waals surface area contributed by atoms with Gasteiger partial charge in [-0.05, 0) is 36.5 Å². The molecule has 1 fully saturated rings. The zero-order chi connectivity index (χ0) is 6.55. The van der Waals surface area contributed by atoms with Crippen LogP contribution in [0.2, 0.25) is 0 Å². The Morgan fingerprint density at radius 1 is 1.00 bits per heavy atom. The zero-order valence-electron chi connectivity index (χ0n) is 6.71. The van der Waals surface area contributed by atoms with E-state index >= 15 is 0 Å². The molecule has 0 radical (unpaired) electrons. The van der Waals surface area contributed by atoms with E-state index in [-0.39, 0.29) is 34.8 Å². The van der Waals surface area contributed by atoms with Crippen LogP contribution in [0.5, 0.6) is 0 Å². The molecule has 2 bridgehead atoms. The van der Waals surface area contributed by atoms with Gasteiger partial charge in [0.25, 0.3) is 0 Å². The first kappa shape index (κ1) is 10.6. The molecule has 0 saturated heterocycles. The number of allylic oxidation sites excluding steroid dienone is 4. The van der Waals surface area contributed by atoms with Crippen LogP contribution in [0.15, 0.2) is 24.3 Å². The van der Waals surface area contributed by atoms with Crippen LogP contribution in [0, 0.1) is 23.7 Å².